The van der Waals surface area contributed by atoms with Crippen molar-refractivity contribution in [3.8, 4) is 21.3 Å². The van der Waals surface area contributed by atoms with Gasteiger partial charge in [0.15, 0.2) is 0 Å². The van der Waals surface area contributed by atoms with Crippen LogP contribution in [0.5, 0.6) is 0 Å². The van der Waals surface area contributed by atoms with Crippen LogP contribution in [-0.4, -0.2) is 34.3 Å². The second-order valence-electron chi connectivity index (χ2n) is 7.46. The molecule has 1 aliphatic rings. The van der Waals surface area contributed by atoms with Gasteiger partial charge in [0.2, 0.25) is 0 Å². The van der Waals surface area contributed by atoms with Crippen LogP contribution in [0.4, 0.5) is 6.01 Å². The zero-order valence-electron chi connectivity index (χ0n) is 16.3. The molecule has 1 aliphatic heterocycles. The Balaban J connectivity index is 1.46. The summed E-state index contributed by atoms with van der Waals surface area (Å²) in [5.41, 5.74) is 7.94. The number of aromatic nitrogens is 3. The van der Waals surface area contributed by atoms with Gasteiger partial charge in [0.05, 0.1) is 5.69 Å². The minimum atomic E-state index is 0.271. The van der Waals surface area contributed by atoms with Gasteiger partial charge in [-0.15, -0.1) is 16.4 Å². The summed E-state index contributed by atoms with van der Waals surface area (Å²) in [6, 6.07) is 15.6. The van der Waals surface area contributed by atoms with E-state index in [1.165, 1.54) is 17.2 Å². The first-order valence-electron chi connectivity index (χ1n) is 10.00. The molecule has 6 nitrogen and oxygen atoms in total. The van der Waals surface area contributed by atoms with Crippen LogP contribution in [0.25, 0.3) is 32.1 Å². The molecular formula is C22H23N5OS. The highest BCUT2D eigenvalue weighted by molar-refractivity contribution is 7.18. The standard InChI is InChI=1S/C22H23N5OS/c1-14-19(20-25-26-22(28-20)27-11-5-4-8-18(27)13-23)29-21(24-14)17-10-9-15-6-2-3-7-16(15)12-17/h2-3,6-7,9-10,12,18H,4-5,8,11,13,23H2,1H3. The number of fused-ring (bicyclic) bond motifs is 1. The first kappa shape index (κ1) is 18.3. The van der Waals surface area contributed by atoms with Gasteiger partial charge in [-0.3, -0.25) is 0 Å². The Morgan fingerprint density at radius 1 is 1.14 bits per heavy atom. The van der Waals surface area contributed by atoms with Gasteiger partial charge in [-0.05, 0) is 43.0 Å². The van der Waals surface area contributed by atoms with E-state index in [9.17, 15) is 0 Å². The molecule has 2 N–H and O–H groups in total. The lowest BCUT2D eigenvalue weighted by atomic mass is 10.0. The largest absolute Gasteiger partial charge is 0.402 e. The van der Waals surface area contributed by atoms with Crippen LogP contribution >= 0.6 is 11.3 Å². The molecule has 0 bridgehead atoms. The van der Waals surface area contributed by atoms with Crippen molar-refractivity contribution in [3.63, 3.8) is 0 Å². The summed E-state index contributed by atoms with van der Waals surface area (Å²) in [6.45, 7) is 3.50. The van der Waals surface area contributed by atoms with Crippen molar-refractivity contribution >= 4 is 28.1 Å². The van der Waals surface area contributed by atoms with E-state index in [-0.39, 0.29) is 6.04 Å². The van der Waals surface area contributed by atoms with Gasteiger partial charge in [-0.2, -0.15) is 0 Å². The number of hydrogen-bond donors (Lipinski definition) is 1. The third kappa shape index (κ3) is 3.41. The van der Waals surface area contributed by atoms with E-state index in [0.717, 1.165) is 40.5 Å². The van der Waals surface area contributed by atoms with E-state index in [2.05, 4.69) is 57.6 Å². The number of benzene rings is 2. The maximum atomic E-state index is 6.06. The number of nitrogens with two attached hydrogens (primary N) is 1. The van der Waals surface area contributed by atoms with E-state index >= 15 is 0 Å². The molecule has 0 radical (unpaired) electrons. The van der Waals surface area contributed by atoms with E-state index in [0.29, 0.717) is 18.5 Å². The highest BCUT2D eigenvalue weighted by Gasteiger charge is 2.26. The molecule has 7 heteroatoms. The molecule has 3 heterocycles. The smallest absolute Gasteiger partial charge is 0.318 e. The fourth-order valence-electron chi connectivity index (χ4n) is 3.96. The highest BCUT2D eigenvalue weighted by Crippen LogP contribution is 2.36. The number of thiazole rings is 1. The number of nitrogens with zero attached hydrogens (tertiary/aromatic N) is 4. The predicted octanol–water partition coefficient (Wildman–Crippen LogP) is 4.64. The van der Waals surface area contributed by atoms with Crippen LogP contribution in [0.15, 0.2) is 46.9 Å². The number of anilines is 1. The summed E-state index contributed by atoms with van der Waals surface area (Å²) in [7, 11) is 0. The Morgan fingerprint density at radius 3 is 2.86 bits per heavy atom. The maximum absolute atomic E-state index is 6.06. The minimum absolute atomic E-state index is 0.271. The Hall–Kier alpha value is -2.77. The lowest BCUT2D eigenvalue weighted by Crippen LogP contribution is -2.44. The zero-order valence-corrected chi connectivity index (χ0v) is 17.2. The predicted molar refractivity (Wildman–Crippen MR) is 117 cm³/mol. The molecule has 0 aliphatic carbocycles. The molecule has 29 heavy (non-hydrogen) atoms. The summed E-state index contributed by atoms with van der Waals surface area (Å²) in [6.07, 6.45) is 3.39. The van der Waals surface area contributed by atoms with Gasteiger partial charge in [0.25, 0.3) is 5.89 Å². The molecule has 1 fully saturated rings. The van der Waals surface area contributed by atoms with E-state index in [4.69, 9.17) is 15.1 Å². The van der Waals surface area contributed by atoms with Crippen LogP contribution in [0, 0.1) is 6.92 Å². The van der Waals surface area contributed by atoms with Gasteiger partial charge in [0.1, 0.15) is 9.88 Å². The summed E-state index contributed by atoms with van der Waals surface area (Å²) >= 11 is 1.59. The Morgan fingerprint density at radius 2 is 2.00 bits per heavy atom. The molecule has 1 atom stereocenters. The Labute approximate surface area is 173 Å². The number of aryl methyl sites for hydroxylation is 1. The van der Waals surface area contributed by atoms with Crippen LogP contribution in [-0.2, 0) is 0 Å². The number of piperidine rings is 1. The second kappa shape index (κ2) is 7.57. The zero-order chi connectivity index (χ0) is 19.8. The number of rotatable bonds is 4. The first-order valence-corrected chi connectivity index (χ1v) is 10.8. The van der Waals surface area contributed by atoms with Crippen LogP contribution in [0.2, 0.25) is 0 Å². The molecule has 2 aromatic heterocycles. The van der Waals surface area contributed by atoms with Crippen molar-refractivity contribution in [2.24, 2.45) is 5.73 Å². The average molecular weight is 406 g/mol. The molecule has 0 saturated carbocycles. The minimum Gasteiger partial charge on any atom is -0.402 e. The fourth-order valence-corrected chi connectivity index (χ4v) is 4.95. The lowest BCUT2D eigenvalue weighted by molar-refractivity contribution is 0.424. The van der Waals surface area contributed by atoms with Crippen molar-refractivity contribution < 1.29 is 4.42 Å². The first-order chi connectivity index (χ1) is 14.2. The van der Waals surface area contributed by atoms with Gasteiger partial charge >= 0.3 is 6.01 Å². The van der Waals surface area contributed by atoms with Crippen molar-refractivity contribution in [1.82, 2.24) is 15.2 Å². The van der Waals surface area contributed by atoms with E-state index in [1.54, 1.807) is 11.3 Å². The van der Waals surface area contributed by atoms with Gasteiger partial charge in [0, 0.05) is 24.7 Å². The summed E-state index contributed by atoms with van der Waals surface area (Å²) in [4.78, 5) is 7.85. The molecule has 1 saturated heterocycles. The molecule has 1 unspecified atom stereocenters. The third-order valence-corrected chi connectivity index (χ3v) is 6.74. The highest BCUT2D eigenvalue weighted by atomic mass is 32.1. The SMILES string of the molecule is Cc1nc(-c2ccc3ccccc3c2)sc1-c1nnc(N2CCCCC2CN)o1. The topological polar surface area (TPSA) is 81.1 Å². The molecule has 2 aromatic carbocycles. The summed E-state index contributed by atoms with van der Waals surface area (Å²) < 4.78 is 6.06. The van der Waals surface area contributed by atoms with Gasteiger partial charge < -0.3 is 15.1 Å². The molecule has 0 spiro atoms. The van der Waals surface area contributed by atoms with Gasteiger partial charge in [-0.25, -0.2) is 4.98 Å². The maximum Gasteiger partial charge on any atom is 0.318 e. The van der Waals surface area contributed by atoms with Gasteiger partial charge in [-0.1, -0.05) is 41.5 Å². The van der Waals surface area contributed by atoms with Crippen molar-refractivity contribution in [2.45, 2.75) is 32.2 Å². The van der Waals surface area contributed by atoms with Crippen molar-refractivity contribution in [3.05, 3.63) is 48.2 Å². The lowest BCUT2D eigenvalue weighted by Gasteiger charge is -2.33. The third-order valence-electron chi connectivity index (χ3n) is 5.55. The average Bonchev–Trinajstić information content (AvgIpc) is 3.40. The summed E-state index contributed by atoms with van der Waals surface area (Å²) in [5.74, 6) is 0.531. The van der Waals surface area contributed by atoms with E-state index < -0.39 is 0 Å². The normalized spacial score (nSPS) is 17.2. The number of hydrogen-bond acceptors (Lipinski definition) is 7. The Kier molecular flexibility index (Phi) is 4.77. The molecule has 4 aromatic rings. The molecule has 0 amide bonds. The summed E-state index contributed by atoms with van der Waals surface area (Å²) in [5, 5.41) is 12.0. The monoisotopic (exact) mass is 405 g/mol. The van der Waals surface area contributed by atoms with Crippen LogP contribution in [0.3, 0.4) is 0 Å². The quantitative estimate of drug-likeness (QED) is 0.533. The fraction of sp³-hybridized carbons (Fsp3) is 0.318. The van der Waals surface area contributed by atoms with Crippen LogP contribution < -0.4 is 10.6 Å². The van der Waals surface area contributed by atoms with Crippen molar-refractivity contribution in [1.29, 1.82) is 0 Å². The Bertz CT molecular complexity index is 1150. The van der Waals surface area contributed by atoms with Crippen molar-refractivity contribution in [2.75, 3.05) is 18.0 Å². The molecular weight excluding hydrogens is 382 g/mol. The van der Waals surface area contributed by atoms with Crippen LogP contribution in [0.1, 0.15) is 25.0 Å². The molecule has 5 rings (SSSR count). The second-order valence-corrected chi connectivity index (χ2v) is 8.46. The van der Waals surface area contributed by atoms with E-state index in [1.807, 2.05) is 6.92 Å². The molecule has 148 valence electrons.